The third-order valence-corrected chi connectivity index (χ3v) is 5.50. The van der Waals surface area contributed by atoms with Gasteiger partial charge < -0.3 is 10.4 Å². The molecule has 1 amide bonds. The van der Waals surface area contributed by atoms with Gasteiger partial charge in [-0.1, -0.05) is 0 Å². The molecule has 0 bridgehead atoms. The number of aromatic nitrogens is 2. The molecule has 1 fully saturated rings. The number of carbonyl (C=O) groups is 1. The zero-order valence-corrected chi connectivity index (χ0v) is 15.5. The second-order valence-electron chi connectivity index (χ2n) is 7.49. The predicted molar refractivity (Wildman–Crippen MR) is 101 cm³/mol. The van der Waals surface area contributed by atoms with Gasteiger partial charge in [0.1, 0.15) is 5.82 Å². The van der Waals surface area contributed by atoms with E-state index in [2.05, 4.69) is 10.4 Å². The Labute approximate surface area is 165 Å². The molecule has 0 saturated heterocycles. The summed E-state index contributed by atoms with van der Waals surface area (Å²) in [6.45, 7) is 0.405. The number of hydrogen-bond donors (Lipinski definition) is 2. The van der Waals surface area contributed by atoms with Crippen LogP contribution in [0.4, 0.5) is 13.2 Å². The number of nitrogens with zero attached hydrogens (tertiary/aromatic N) is 2. The average molecular weight is 403 g/mol. The molecular formula is C21H20F3N3O2. The molecule has 0 radical (unpaired) electrons. The van der Waals surface area contributed by atoms with Gasteiger partial charge in [0.25, 0.3) is 5.91 Å². The second kappa shape index (κ2) is 7.77. The highest BCUT2D eigenvalue weighted by Crippen LogP contribution is 2.32. The standard InChI is InChI=1S/C21H20F3N3O2/c22-15-3-6-19-14(7-15)11-27(26-19)16-4-1-12(2-5-16)10-25-21(29)13-8-17(23)20(28)18(24)9-13/h3,6-9,11-12,16,28H,1-2,4-5,10H2,(H,25,29)/t12-,16-. The third kappa shape index (κ3) is 4.06. The zero-order chi connectivity index (χ0) is 20.5. The molecule has 0 atom stereocenters. The number of amides is 1. The van der Waals surface area contributed by atoms with Crippen molar-refractivity contribution in [2.75, 3.05) is 6.54 Å². The Morgan fingerprint density at radius 2 is 1.79 bits per heavy atom. The Morgan fingerprint density at radius 1 is 1.10 bits per heavy atom. The van der Waals surface area contributed by atoms with Crippen LogP contribution in [-0.4, -0.2) is 27.3 Å². The van der Waals surface area contributed by atoms with Crippen molar-refractivity contribution in [3.63, 3.8) is 0 Å². The first-order chi connectivity index (χ1) is 13.9. The second-order valence-corrected chi connectivity index (χ2v) is 7.49. The maximum atomic E-state index is 13.4. The van der Waals surface area contributed by atoms with Crippen molar-refractivity contribution >= 4 is 16.8 Å². The number of rotatable bonds is 4. The van der Waals surface area contributed by atoms with Crippen molar-refractivity contribution in [1.82, 2.24) is 15.1 Å². The summed E-state index contributed by atoms with van der Waals surface area (Å²) in [5.74, 6) is -4.03. The van der Waals surface area contributed by atoms with Gasteiger partial charge in [-0.25, -0.2) is 13.2 Å². The highest BCUT2D eigenvalue weighted by atomic mass is 19.1. The quantitative estimate of drug-likeness (QED) is 0.682. The fourth-order valence-electron chi connectivity index (χ4n) is 3.85. The molecule has 1 heterocycles. The summed E-state index contributed by atoms with van der Waals surface area (Å²) in [4.78, 5) is 12.1. The normalized spacial score (nSPS) is 19.4. The minimum Gasteiger partial charge on any atom is -0.503 e. The Morgan fingerprint density at radius 3 is 2.48 bits per heavy atom. The molecule has 0 aliphatic heterocycles. The summed E-state index contributed by atoms with van der Waals surface area (Å²) in [7, 11) is 0. The topological polar surface area (TPSA) is 67.2 Å². The number of aromatic hydroxyl groups is 1. The van der Waals surface area contributed by atoms with Crippen LogP contribution in [0.15, 0.2) is 36.5 Å². The minimum atomic E-state index is -1.16. The van der Waals surface area contributed by atoms with Crippen LogP contribution in [0.25, 0.3) is 10.9 Å². The molecule has 5 nitrogen and oxygen atoms in total. The van der Waals surface area contributed by atoms with E-state index in [-0.39, 0.29) is 23.3 Å². The fraction of sp³-hybridized carbons (Fsp3) is 0.333. The van der Waals surface area contributed by atoms with Crippen LogP contribution in [0.2, 0.25) is 0 Å². The van der Waals surface area contributed by atoms with Gasteiger partial charge in [0.15, 0.2) is 17.4 Å². The lowest BCUT2D eigenvalue weighted by Crippen LogP contribution is -2.31. The predicted octanol–water partition coefficient (Wildman–Crippen LogP) is 4.32. The zero-order valence-electron chi connectivity index (χ0n) is 15.5. The van der Waals surface area contributed by atoms with Crippen LogP contribution >= 0.6 is 0 Å². The number of phenols is 1. The van der Waals surface area contributed by atoms with Crippen LogP contribution in [0.1, 0.15) is 42.1 Å². The summed E-state index contributed by atoms with van der Waals surface area (Å²) in [5.41, 5.74) is 0.594. The molecule has 3 aromatic rings. The van der Waals surface area contributed by atoms with Crippen molar-refractivity contribution < 1.29 is 23.1 Å². The van der Waals surface area contributed by atoms with Crippen molar-refractivity contribution in [3.8, 4) is 5.75 Å². The highest BCUT2D eigenvalue weighted by molar-refractivity contribution is 5.94. The molecule has 1 saturated carbocycles. The van der Waals surface area contributed by atoms with E-state index >= 15 is 0 Å². The van der Waals surface area contributed by atoms with E-state index < -0.39 is 23.3 Å². The van der Waals surface area contributed by atoms with Crippen molar-refractivity contribution in [1.29, 1.82) is 0 Å². The fourth-order valence-corrected chi connectivity index (χ4v) is 3.85. The van der Waals surface area contributed by atoms with Gasteiger partial charge in [-0.3, -0.25) is 9.48 Å². The molecule has 2 aromatic carbocycles. The van der Waals surface area contributed by atoms with Crippen LogP contribution in [0.3, 0.4) is 0 Å². The van der Waals surface area contributed by atoms with E-state index in [4.69, 9.17) is 5.11 Å². The van der Waals surface area contributed by atoms with Crippen molar-refractivity contribution in [2.45, 2.75) is 31.7 Å². The average Bonchev–Trinajstić information content (AvgIpc) is 3.13. The summed E-state index contributed by atoms with van der Waals surface area (Å²) in [6, 6.07) is 6.38. The van der Waals surface area contributed by atoms with Gasteiger partial charge in [0.05, 0.1) is 11.6 Å². The van der Waals surface area contributed by atoms with Gasteiger partial charge in [-0.15, -0.1) is 0 Å². The van der Waals surface area contributed by atoms with E-state index in [1.807, 2.05) is 10.9 Å². The summed E-state index contributed by atoms with van der Waals surface area (Å²) in [6.07, 6.45) is 5.35. The van der Waals surface area contributed by atoms with Gasteiger partial charge >= 0.3 is 0 Å². The molecule has 4 rings (SSSR count). The first-order valence-electron chi connectivity index (χ1n) is 9.51. The number of halogens is 3. The van der Waals surface area contributed by atoms with Crippen LogP contribution in [0, 0.1) is 23.4 Å². The molecule has 2 N–H and O–H groups in total. The number of nitrogens with one attached hydrogen (secondary N) is 1. The molecule has 152 valence electrons. The maximum Gasteiger partial charge on any atom is 0.251 e. The lowest BCUT2D eigenvalue weighted by atomic mass is 9.86. The van der Waals surface area contributed by atoms with Gasteiger partial charge in [-0.2, -0.15) is 5.10 Å². The largest absolute Gasteiger partial charge is 0.503 e. The SMILES string of the molecule is O=C(NC[C@H]1CC[C@H](n2cc3cc(F)ccc3n2)CC1)c1cc(F)c(O)c(F)c1. The Kier molecular flexibility index (Phi) is 5.17. The number of fused-ring (bicyclic) bond motifs is 1. The molecule has 29 heavy (non-hydrogen) atoms. The lowest BCUT2D eigenvalue weighted by Gasteiger charge is -2.28. The van der Waals surface area contributed by atoms with Crippen LogP contribution < -0.4 is 5.32 Å². The Bertz CT molecular complexity index is 1040. The monoisotopic (exact) mass is 403 g/mol. The van der Waals surface area contributed by atoms with E-state index in [1.165, 1.54) is 12.1 Å². The summed E-state index contributed by atoms with van der Waals surface area (Å²) in [5, 5.41) is 17.1. The number of carbonyl (C=O) groups excluding carboxylic acids is 1. The molecule has 1 aromatic heterocycles. The first kappa shape index (κ1) is 19.3. The van der Waals surface area contributed by atoms with Crippen LogP contribution in [-0.2, 0) is 0 Å². The number of benzene rings is 2. The maximum absolute atomic E-state index is 13.4. The van der Waals surface area contributed by atoms with Crippen molar-refractivity contribution in [3.05, 3.63) is 59.5 Å². The number of hydrogen-bond acceptors (Lipinski definition) is 3. The Balaban J connectivity index is 1.32. The molecule has 1 aliphatic carbocycles. The molecule has 0 spiro atoms. The van der Waals surface area contributed by atoms with E-state index in [1.54, 1.807) is 6.07 Å². The summed E-state index contributed by atoms with van der Waals surface area (Å²) < 4.78 is 42.0. The molecular weight excluding hydrogens is 383 g/mol. The van der Waals surface area contributed by atoms with Gasteiger partial charge in [0.2, 0.25) is 0 Å². The smallest absolute Gasteiger partial charge is 0.251 e. The van der Waals surface area contributed by atoms with E-state index in [0.717, 1.165) is 48.7 Å². The lowest BCUT2D eigenvalue weighted by molar-refractivity contribution is 0.0940. The minimum absolute atomic E-state index is 0.165. The number of phenolic OH excluding ortho intramolecular Hbond substituents is 1. The van der Waals surface area contributed by atoms with Gasteiger partial charge in [0, 0.05) is 23.7 Å². The molecule has 8 heteroatoms. The van der Waals surface area contributed by atoms with Gasteiger partial charge in [-0.05, 0) is 61.9 Å². The van der Waals surface area contributed by atoms with E-state index in [0.29, 0.717) is 6.54 Å². The van der Waals surface area contributed by atoms with Crippen LogP contribution in [0.5, 0.6) is 5.75 Å². The Hall–Kier alpha value is -3.03. The molecule has 1 aliphatic rings. The highest BCUT2D eigenvalue weighted by Gasteiger charge is 2.24. The first-order valence-corrected chi connectivity index (χ1v) is 9.51. The molecule has 0 unspecified atom stereocenters. The third-order valence-electron chi connectivity index (χ3n) is 5.50. The van der Waals surface area contributed by atoms with Crippen molar-refractivity contribution in [2.24, 2.45) is 5.92 Å². The van der Waals surface area contributed by atoms with E-state index in [9.17, 15) is 18.0 Å². The summed E-state index contributed by atoms with van der Waals surface area (Å²) >= 11 is 0.